The van der Waals surface area contributed by atoms with Crippen molar-refractivity contribution in [3.63, 3.8) is 0 Å². The Morgan fingerprint density at radius 3 is 2.38 bits per heavy atom. The van der Waals surface area contributed by atoms with Gasteiger partial charge >= 0.3 is 6.03 Å². The second-order valence-electron chi connectivity index (χ2n) is 11.1. The number of nitrogens with zero attached hydrogens (tertiary/aromatic N) is 3. The number of carbonyl (C=O) groups is 3. The maximum atomic E-state index is 13.3. The summed E-state index contributed by atoms with van der Waals surface area (Å²) in [5, 5.41) is 2.96. The van der Waals surface area contributed by atoms with Crippen LogP contribution in [0.1, 0.15) is 45.6 Å². The van der Waals surface area contributed by atoms with Gasteiger partial charge in [0.1, 0.15) is 17.8 Å². The fraction of sp³-hybridized carbons (Fsp3) is 0.654. The van der Waals surface area contributed by atoms with E-state index in [0.717, 1.165) is 43.1 Å². The molecule has 2 unspecified atom stereocenters. The summed E-state index contributed by atoms with van der Waals surface area (Å²) in [5.41, 5.74) is 0.369. The van der Waals surface area contributed by atoms with Crippen molar-refractivity contribution >= 4 is 17.8 Å². The van der Waals surface area contributed by atoms with E-state index in [2.05, 4.69) is 43.1 Å². The van der Waals surface area contributed by atoms with Gasteiger partial charge in [-0.3, -0.25) is 19.4 Å². The highest BCUT2D eigenvalue weighted by Gasteiger charge is 2.56. The lowest BCUT2D eigenvalue weighted by Gasteiger charge is -2.43. The Balaban J connectivity index is 1.27. The number of methoxy groups -OCH3 is 1. The third-order valence-electron chi connectivity index (χ3n) is 7.52. The number of hydrogen-bond donors (Lipinski definition) is 1. The maximum absolute atomic E-state index is 13.3. The SMILES string of the molecule is COc1ccc(CCN2CCN(C(=O)CN3C(=O)NC4(CC(C)CC(C)(C)C4)C3=O)CC2)cc1. The number of imide groups is 1. The molecule has 2 atom stereocenters. The summed E-state index contributed by atoms with van der Waals surface area (Å²) in [7, 11) is 1.66. The minimum absolute atomic E-state index is 0.0250. The Labute approximate surface area is 202 Å². The Hall–Kier alpha value is -2.61. The number of urea groups is 1. The van der Waals surface area contributed by atoms with Crippen molar-refractivity contribution in [2.24, 2.45) is 11.3 Å². The summed E-state index contributed by atoms with van der Waals surface area (Å²) in [6.07, 6.45) is 3.22. The topological polar surface area (TPSA) is 82.2 Å². The first-order valence-corrected chi connectivity index (χ1v) is 12.4. The van der Waals surface area contributed by atoms with E-state index in [1.165, 1.54) is 5.56 Å². The fourth-order valence-electron chi connectivity index (χ4n) is 6.19. The first kappa shape index (κ1) is 24.5. The van der Waals surface area contributed by atoms with Gasteiger partial charge in [0.2, 0.25) is 5.91 Å². The van der Waals surface area contributed by atoms with Crippen LogP contribution in [0.3, 0.4) is 0 Å². The molecular formula is C26H38N4O4. The van der Waals surface area contributed by atoms with Gasteiger partial charge in [0, 0.05) is 32.7 Å². The van der Waals surface area contributed by atoms with E-state index < -0.39 is 11.6 Å². The van der Waals surface area contributed by atoms with Gasteiger partial charge in [-0.25, -0.2) is 4.79 Å². The van der Waals surface area contributed by atoms with Gasteiger partial charge in [-0.2, -0.15) is 0 Å². The van der Waals surface area contributed by atoms with Crippen molar-refractivity contribution in [3.8, 4) is 5.75 Å². The molecule has 0 bridgehead atoms. The molecule has 2 heterocycles. The number of ether oxygens (including phenoxy) is 1. The molecule has 0 aromatic heterocycles. The molecule has 2 saturated heterocycles. The van der Waals surface area contributed by atoms with Crippen LogP contribution < -0.4 is 10.1 Å². The lowest BCUT2D eigenvalue weighted by molar-refractivity contribution is -0.141. The zero-order valence-corrected chi connectivity index (χ0v) is 20.9. The van der Waals surface area contributed by atoms with Crippen molar-refractivity contribution in [2.75, 3.05) is 46.4 Å². The molecule has 1 saturated carbocycles. The largest absolute Gasteiger partial charge is 0.497 e. The van der Waals surface area contributed by atoms with Gasteiger partial charge < -0.3 is 15.0 Å². The molecule has 34 heavy (non-hydrogen) atoms. The summed E-state index contributed by atoms with van der Waals surface area (Å²) in [4.78, 5) is 44.3. The Morgan fingerprint density at radius 2 is 1.76 bits per heavy atom. The Kier molecular flexibility index (Phi) is 6.90. The summed E-state index contributed by atoms with van der Waals surface area (Å²) in [5.74, 6) is 0.811. The molecule has 1 N–H and O–H groups in total. The molecule has 3 aliphatic rings. The third-order valence-corrected chi connectivity index (χ3v) is 7.52. The van der Waals surface area contributed by atoms with Crippen LogP contribution in [0.15, 0.2) is 24.3 Å². The lowest BCUT2D eigenvalue weighted by Crippen LogP contribution is -2.55. The van der Waals surface area contributed by atoms with Crippen LogP contribution in [0.2, 0.25) is 0 Å². The highest BCUT2D eigenvalue weighted by Crippen LogP contribution is 2.46. The maximum Gasteiger partial charge on any atom is 0.325 e. The molecule has 4 rings (SSSR count). The second-order valence-corrected chi connectivity index (χ2v) is 11.1. The van der Waals surface area contributed by atoms with Gasteiger partial charge in [0.15, 0.2) is 0 Å². The van der Waals surface area contributed by atoms with E-state index in [9.17, 15) is 14.4 Å². The van der Waals surface area contributed by atoms with E-state index in [0.29, 0.717) is 31.8 Å². The van der Waals surface area contributed by atoms with E-state index in [4.69, 9.17) is 4.74 Å². The van der Waals surface area contributed by atoms with Crippen LogP contribution in [0.25, 0.3) is 0 Å². The first-order valence-electron chi connectivity index (χ1n) is 12.4. The minimum atomic E-state index is -0.862. The van der Waals surface area contributed by atoms with E-state index in [1.54, 1.807) is 12.0 Å². The number of amides is 4. The molecule has 186 valence electrons. The highest BCUT2D eigenvalue weighted by molar-refractivity contribution is 6.09. The predicted molar refractivity (Wildman–Crippen MR) is 129 cm³/mol. The molecule has 3 fully saturated rings. The van der Waals surface area contributed by atoms with E-state index in [-0.39, 0.29) is 23.8 Å². The molecule has 8 nitrogen and oxygen atoms in total. The Morgan fingerprint density at radius 1 is 1.09 bits per heavy atom. The number of nitrogens with one attached hydrogen (secondary N) is 1. The zero-order chi connectivity index (χ0) is 24.5. The van der Waals surface area contributed by atoms with E-state index >= 15 is 0 Å². The quantitative estimate of drug-likeness (QED) is 0.646. The smallest absolute Gasteiger partial charge is 0.325 e. The number of benzene rings is 1. The lowest BCUT2D eigenvalue weighted by atomic mass is 9.64. The molecule has 1 aliphatic carbocycles. The van der Waals surface area contributed by atoms with E-state index in [1.807, 2.05) is 12.1 Å². The first-order chi connectivity index (χ1) is 16.1. The molecule has 8 heteroatoms. The van der Waals surface area contributed by atoms with Gasteiger partial charge in [0.25, 0.3) is 5.91 Å². The van der Waals surface area contributed by atoms with Crippen LogP contribution >= 0.6 is 0 Å². The summed E-state index contributed by atoms with van der Waals surface area (Å²) in [6, 6.07) is 7.68. The molecule has 1 aromatic carbocycles. The van der Waals surface area contributed by atoms with Crippen LogP contribution in [-0.2, 0) is 16.0 Å². The molecule has 2 aliphatic heterocycles. The molecule has 1 aromatic rings. The highest BCUT2D eigenvalue weighted by atomic mass is 16.5. The molecular weight excluding hydrogens is 432 g/mol. The van der Waals surface area contributed by atoms with Crippen molar-refractivity contribution in [2.45, 2.75) is 52.0 Å². The number of carbonyl (C=O) groups excluding carboxylic acids is 3. The van der Waals surface area contributed by atoms with Gasteiger partial charge in [-0.1, -0.05) is 32.9 Å². The monoisotopic (exact) mass is 470 g/mol. The number of hydrogen-bond acceptors (Lipinski definition) is 5. The van der Waals surface area contributed by atoms with Gasteiger partial charge in [0.05, 0.1) is 7.11 Å². The van der Waals surface area contributed by atoms with Crippen molar-refractivity contribution in [1.29, 1.82) is 0 Å². The minimum Gasteiger partial charge on any atom is -0.497 e. The van der Waals surface area contributed by atoms with Crippen molar-refractivity contribution in [1.82, 2.24) is 20.0 Å². The summed E-state index contributed by atoms with van der Waals surface area (Å²) in [6.45, 7) is 9.97. The van der Waals surface area contributed by atoms with Gasteiger partial charge in [-0.15, -0.1) is 0 Å². The fourth-order valence-corrected chi connectivity index (χ4v) is 6.19. The summed E-state index contributed by atoms with van der Waals surface area (Å²) >= 11 is 0. The van der Waals surface area contributed by atoms with Crippen molar-refractivity contribution in [3.05, 3.63) is 29.8 Å². The number of rotatable bonds is 6. The second kappa shape index (κ2) is 9.56. The zero-order valence-electron chi connectivity index (χ0n) is 20.9. The molecule has 1 spiro atoms. The Bertz CT molecular complexity index is 923. The average molecular weight is 471 g/mol. The van der Waals surface area contributed by atoms with Crippen LogP contribution in [-0.4, -0.2) is 84.5 Å². The van der Waals surface area contributed by atoms with Crippen LogP contribution in [0.4, 0.5) is 4.79 Å². The molecule has 0 radical (unpaired) electrons. The van der Waals surface area contributed by atoms with Crippen molar-refractivity contribution < 1.29 is 19.1 Å². The number of piperazine rings is 1. The van der Waals surface area contributed by atoms with Crippen LogP contribution in [0, 0.1) is 11.3 Å². The summed E-state index contributed by atoms with van der Waals surface area (Å²) < 4.78 is 5.21. The normalized spacial score (nSPS) is 27.2. The third kappa shape index (κ3) is 5.22. The average Bonchev–Trinajstić information content (AvgIpc) is 3.00. The molecule has 4 amide bonds. The predicted octanol–water partition coefficient (Wildman–Crippen LogP) is 2.52. The van der Waals surface area contributed by atoms with Gasteiger partial charge in [-0.05, 0) is 54.7 Å². The standard InChI is InChI=1S/C26H38N4O4/c1-19-15-25(2,3)18-26(16-19)23(32)30(24(33)27-26)17-22(31)29-13-11-28(12-14-29)10-9-20-5-7-21(34-4)8-6-20/h5-8,19H,9-18H2,1-4H3,(H,27,33). The van der Waals surface area contributed by atoms with Crippen LogP contribution in [0.5, 0.6) is 5.75 Å².